The standard InChI is InChI=1S/C37H55N3O12/c1-2-38-35(42)19-11-4-3-10-18-31-32(34(28-33(31)41)52-37(44)21-13-7-15-27-50-40(47)48)25-24-30(23-22-29-16-8-5-9-17-29)51-36(43)20-12-6-14-26-49-39(45)46/h3,5,8-10,16-17,24-25,30-34,41H,2,4,6-7,11-15,18-23,26-28H2,1H3,(H,38,42)/t30-,31+,32+,33-,34+/m0/s1. The van der Waals surface area contributed by atoms with Gasteiger partial charge in [-0.3, -0.25) is 14.4 Å². The number of ether oxygens (including phenoxy) is 2. The number of nitrogens with one attached hydrogen (secondary N) is 1. The van der Waals surface area contributed by atoms with Crippen LogP contribution in [-0.4, -0.2) is 71.2 Å². The van der Waals surface area contributed by atoms with Gasteiger partial charge in [-0.05, 0) is 82.3 Å². The van der Waals surface area contributed by atoms with Crippen molar-refractivity contribution in [2.24, 2.45) is 11.8 Å². The summed E-state index contributed by atoms with van der Waals surface area (Å²) in [6, 6.07) is 9.78. The van der Waals surface area contributed by atoms with Crippen molar-refractivity contribution in [2.45, 2.75) is 122 Å². The van der Waals surface area contributed by atoms with Crippen molar-refractivity contribution in [3.8, 4) is 0 Å². The van der Waals surface area contributed by atoms with Crippen molar-refractivity contribution >= 4 is 17.8 Å². The summed E-state index contributed by atoms with van der Waals surface area (Å²) >= 11 is 0. The van der Waals surface area contributed by atoms with E-state index in [0.717, 1.165) is 5.56 Å². The number of aliphatic hydroxyl groups is 1. The number of benzene rings is 1. The highest BCUT2D eigenvalue weighted by Gasteiger charge is 2.42. The monoisotopic (exact) mass is 733 g/mol. The van der Waals surface area contributed by atoms with Gasteiger partial charge >= 0.3 is 11.9 Å². The Balaban J connectivity index is 2.12. The first-order chi connectivity index (χ1) is 25.1. The normalized spacial score (nSPS) is 19.0. The van der Waals surface area contributed by atoms with Crippen LogP contribution in [0.4, 0.5) is 0 Å². The van der Waals surface area contributed by atoms with Gasteiger partial charge in [-0.15, -0.1) is 20.2 Å². The molecule has 1 fully saturated rings. The Bertz CT molecular complexity index is 1280. The zero-order valence-electron chi connectivity index (χ0n) is 30.1. The maximum absolute atomic E-state index is 12.9. The fourth-order valence-electron chi connectivity index (χ4n) is 6.08. The molecule has 5 atom stereocenters. The fourth-order valence-corrected chi connectivity index (χ4v) is 6.08. The highest BCUT2D eigenvalue weighted by molar-refractivity contribution is 5.75. The van der Waals surface area contributed by atoms with Crippen LogP contribution in [0, 0.1) is 32.1 Å². The molecular weight excluding hydrogens is 678 g/mol. The quantitative estimate of drug-likeness (QED) is 0.0345. The average Bonchev–Trinajstić information content (AvgIpc) is 3.39. The molecule has 0 radical (unpaired) electrons. The molecule has 15 heteroatoms. The Labute approximate surface area is 305 Å². The molecular formula is C37H55N3O12. The van der Waals surface area contributed by atoms with Gasteiger partial charge in [0, 0.05) is 38.1 Å². The number of esters is 2. The first-order valence-electron chi connectivity index (χ1n) is 18.3. The van der Waals surface area contributed by atoms with Crippen LogP contribution in [0.2, 0.25) is 0 Å². The molecule has 52 heavy (non-hydrogen) atoms. The number of aliphatic hydroxyl groups excluding tert-OH is 1. The molecule has 0 aromatic heterocycles. The minimum Gasteiger partial charge on any atom is -0.462 e. The van der Waals surface area contributed by atoms with E-state index in [4.69, 9.17) is 9.47 Å². The maximum atomic E-state index is 12.9. The zero-order chi connectivity index (χ0) is 38.0. The molecule has 1 aromatic rings. The van der Waals surface area contributed by atoms with E-state index in [1.807, 2.05) is 61.6 Å². The zero-order valence-corrected chi connectivity index (χ0v) is 30.1. The number of unbranched alkanes of at least 4 members (excludes halogenated alkanes) is 5. The van der Waals surface area contributed by atoms with Gasteiger partial charge in [-0.1, -0.05) is 61.4 Å². The summed E-state index contributed by atoms with van der Waals surface area (Å²) in [7, 11) is 0. The van der Waals surface area contributed by atoms with Gasteiger partial charge in [0.1, 0.15) is 12.2 Å². The third kappa shape index (κ3) is 19.8. The number of allylic oxidation sites excluding steroid dienone is 2. The first kappa shape index (κ1) is 43.6. The second kappa shape index (κ2) is 26.3. The smallest absolute Gasteiger partial charge is 0.306 e. The number of hydrogen-bond donors (Lipinski definition) is 2. The molecule has 1 amide bonds. The van der Waals surface area contributed by atoms with Crippen molar-refractivity contribution < 1.29 is 48.8 Å². The van der Waals surface area contributed by atoms with Gasteiger partial charge in [-0.25, -0.2) is 0 Å². The number of carbonyl (C=O) groups is 3. The molecule has 0 aliphatic heterocycles. The number of carbonyl (C=O) groups excluding carboxylic acids is 3. The molecule has 0 spiro atoms. The SMILES string of the molecule is CCNC(=O)CCCC=CC[C@@H]1[C@@H](C=C[C@H](CCc2ccccc2)OC(=O)CCCCCO[N+](=O)[O-])[C@H](OC(=O)CCCCCO[N+](=O)[O-])C[C@@H]1O. The van der Waals surface area contributed by atoms with E-state index in [-0.39, 0.29) is 50.2 Å². The fraction of sp³-hybridized carbons (Fsp3) is 0.649. The number of aryl methyl sites for hydroxylation is 1. The molecule has 2 N–H and O–H groups in total. The van der Waals surface area contributed by atoms with E-state index in [1.165, 1.54) is 0 Å². The van der Waals surface area contributed by atoms with E-state index < -0.39 is 40.4 Å². The Morgan fingerprint density at radius 3 is 2.19 bits per heavy atom. The van der Waals surface area contributed by atoms with Crippen LogP contribution in [0.25, 0.3) is 0 Å². The second-order valence-electron chi connectivity index (χ2n) is 12.8. The predicted octanol–water partition coefficient (Wildman–Crippen LogP) is 5.79. The summed E-state index contributed by atoms with van der Waals surface area (Å²) < 4.78 is 11.8. The Morgan fingerprint density at radius 1 is 0.904 bits per heavy atom. The maximum Gasteiger partial charge on any atom is 0.306 e. The number of hydrogen-bond acceptors (Lipinski definition) is 12. The van der Waals surface area contributed by atoms with E-state index in [1.54, 1.807) is 0 Å². The molecule has 2 rings (SSSR count). The van der Waals surface area contributed by atoms with Crippen molar-refractivity contribution in [3.63, 3.8) is 0 Å². The Kier molecular flexibility index (Phi) is 22.0. The molecule has 0 saturated heterocycles. The third-order valence-corrected chi connectivity index (χ3v) is 8.73. The summed E-state index contributed by atoms with van der Waals surface area (Å²) in [6.07, 6.45) is 12.6. The lowest BCUT2D eigenvalue weighted by atomic mass is 9.89. The Morgan fingerprint density at radius 2 is 1.56 bits per heavy atom. The molecule has 15 nitrogen and oxygen atoms in total. The lowest BCUT2D eigenvalue weighted by Gasteiger charge is -2.23. The summed E-state index contributed by atoms with van der Waals surface area (Å²) in [4.78, 5) is 66.8. The second-order valence-corrected chi connectivity index (χ2v) is 12.8. The summed E-state index contributed by atoms with van der Waals surface area (Å²) in [5.41, 5.74) is 1.07. The number of amides is 1. The van der Waals surface area contributed by atoms with E-state index >= 15 is 0 Å². The lowest BCUT2D eigenvalue weighted by molar-refractivity contribution is -0.757. The number of rotatable bonds is 28. The largest absolute Gasteiger partial charge is 0.462 e. The van der Waals surface area contributed by atoms with Gasteiger partial charge in [0.05, 0.1) is 19.3 Å². The highest BCUT2D eigenvalue weighted by Crippen LogP contribution is 2.38. The van der Waals surface area contributed by atoms with Crippen molar-refractivity contribution in [1.29, 1.82) is 0 Å². The van der Waals surface area contributed by atoms with Crippen LogP contribution in [0.1, 0.15) is 102 Å². The molecule has 0 bridgehead atoms. The summed E-state index contributed by atoms with van der Waals surface area (Å²) in [5.74, 6) is -1.47. The molecule has 290 valence electrons. The van der Waals surface area contributed by atoms with E-state index in [2.05, 4.69) is 15.0 Å². The Hall–Kier alpha value is -4.53. The van der Waals surface area contributed by atoms with Crippen LogP contribution < -0.4 is 5.32 Å². The van der Waals surface area contributed by atoms with Crippen LogP contribution in [0.15, 0.2) is 54.6 Å². The van der Waals surface area contributed by atoms with E-state index in [0.29, 0.717) is 83.6 Å². The van der Waals surface area contributed by atoms with Crippen molar-refractivity contribution in [1.82, 2.24) is 5.32 Å². The first-order valence-corrected chi connectivity index (χ1v) is 18.3. The predicted molar refractivity (Wildman–Crippen MR) is 190 cm³/mol. The van der Waals surface area contributed by atoms with Crippen LogP contribution in [0.3, 0.4) is 0 Å². The van der Waals surface area contributed by atoms with Gasteiger partial charge in [0.15, 0.2) is 0 Å². The van der Waals surface area contributed by atoms with Crippen LogP contribution >= 0.6 is 0 Å². The summed E-state index contributed by atoms with van der Waals surface area (Å²) in [5, 5.41) is 32.9. The molecule has 1 aliphatic carbocycles. The molecule has 1 aliphatic rings. The topological polar surface area (TPSA) is 207 Å². The average molecular weight is 734 g/mol. The molecule has 0 unspecified atom stereocenters. The van der Waals surface area contributed by atoms with Crippen molar-refractivity contribution in [3.05, 3.63) is 80.4 Å². The minimum absolute atomic E-state index is 0.00619. The van der Waals surface area contributed by atoms with Gasteiger partial charge in [-0.2, -0.15) is 0 Å². The molecule has 1 saturated carbocycles. The minimum atomic E-state index is -0.848. The molecule has 1 aromatic carbocycles. The summed E-state index contributed by atoms with van der Waals surface area (Å²) in [6.45, 7) is 2.38. The third-order valence-electron chi connectivity index (χ3n) is 8.73. The van der Waals surface area contributed by atoms with E-state index in [9.17, 15) is 39.7 Å². The lowest BCUT2D eigenvalue weighted by Crippen LogP contribution is -2.25. The van der Waals surface area contributed by atoms with Crippen LogP contribution in [-0.2, 0) is 40.0 Å². The molecule has 0 heterocycles. The van der Waals surface area contributed by atoms with Crippen molar-refractivity contribution in [2.75, 3.05) is 19.8 Å². The van der Waals surface area contributed by atoms with Gasteiger partial charge in [0.25, 0.3) is 10.2 Å². The van der Waals surface area contributed by atoms with Gasteiger partial charge in [0.2, 0.25) is 5.91 Å². The number of nitrogens with zero attached hydrogens (tertiary/aromatic N) is 2. The van der Waals surface area contributed by atoms with Crippen LogP contribution in [0.5, 0.6) is 0 Å². The van der Waals surface area contributed by atoms with Gasteiger partial charge < -0.3 is 29.6 Å². The highest BCUT2D eigenvalue weighted by atomic mass is 17.0.